The summed E-state index contributed by atoms with van der Waals surface area (Å²) in [5, 5.41) is 0. The van der Waals surface area contributed by atoms with Gasteiger partial charge in [-0.05, 0) is 12.1 Å². The van der Waals surface area contributed by atoms with Gasteiger partial charge < -0.3 is 0 Å². The van der Waals surface area contributed by atoms with E-state index >= 15 is 0 Å². The van der Waals surface area contributed by atoms with Gasteiger partial charge in [0.1, 0.15) is 5.82 Å². The van der Waals surface area contributed by atoms with Crippen LogP contribution < -0.4 is 0 Å². The van der Waals surface area contributed by atoms with Gasteiger partial charge >= 0.3 is 12.4 Å². The van der Waals surface area contributed by atoms with Gasteiger partial charge in [0, 0.05) is 4.47 Å². The van der Waals surface area contributed by atoms with Gasteiger partial charge in [0.25, 0.3) is 0 Å². The molecule has 0 amide bonds. The Morgan fingerprint density at radius 1 is 0.812 bits per heavy atom. The Balaban J connectivity index is 3.51. The first-order chi connectivity index (χ1) is 7.03. The van der Waals surface area contributed by atoms with Gasteiger partial charge in [-0.2, -0.15) is 26.3 Å². The van der Waals surface area contributed by atoms with Crippen LogP contribution >= 0.6 is 15.9 Å². The number of benzene rings is 1. The molecule has 0 radical (unpaired) electrons. The van der Waals surface area contributed by atoms with E-state index in [4.69, 9.17) is 0 Å². The van der Waals surface area contributed by atoms with Gasteiger partial charge in [-0.1, -0.05) is 15.9 Å². The zero-order chi connectivity index (χ0) is 12.7. The maximum Gasteiger partial charge on any atom is 0.419 e. The quantitative estimate of drug-likeness (QED) is 0.613. The van der Waals surface area contributed by atoms with E-state index in [-0.39, 0.29) is 12.1 Å². The van der Waals surface area contributed by atoms with E-state index < -0.39 is 33.8 Å². The van der Waals surface area contributed by atoms with Crippen LogP contribution in [0, 0.1) is 5.82 Å². The third-order valence-corrected chi connectivity index (χ3v) is 2.11. The first-order valence-corrected chi connectivity index (χ1v) is 4.46. The summed E-state index contributed by atoms with van der Waals surface area (Å²) in [7, 11) is 0. The molecular formula is C8H2BrF7. The van der Waals surface area contributed by atoms with Crippen LogP contribution in [0.4, 0.5) is 30.7 Å². The normalized spacial score (nSPS) is 13.0. The molecule has 0 heterocycles. The summed E-state index contributed by atoms with van der Waals surface area (Å²) in [5.74, 6) is -2.32. The second-order valence-electron chi connectivity index (χ2n) is 2.81. The summed E-state index contributed by atoms with van der Waals surface area (Å²) in [6.07, 6.45) is -10.3. The molecule has 1 aromatic rings. The Bertz CT molecular complexity index is 369. The molecule has 0 aromatic heterocycles. The largest absolute Gasteiger partial charge is 0.419 e. The van der Waals surface area contributed by atoms with E-state index in [9.17, 15) is 30.7 Å². The molecule has 0 aliphatic rings. The average molecular weight is 311 g/mol. The SMILES string of the molecule is Fc1c(C(F)(F)F)cc(Br)cc1C(F)(F)F. The lowest BCUT2D eigenvalue weighted by Gasteiger charge is -2.14. The summed E-state index contributed by atoms with van der Waals surface area (Å²) >= 11 is 2.47. The second kappa shape index (κ2) is 3.90. The van der Waals surface area contributed by atoms with Crippen molar-refractivity contribution in [2.75, 3.05) is 0 Å². The highest BCUT2D eigenvalue weighted by Gasteiger charge is 2.41. The van der Waals surface area contributed by atoms with E-state index in [1.165, 1.54) is 0 Å². The number of hydrogen-bond acceptors (Lipinski definition) is 0. The number of alkyl halides is 6. The van der Waals surface area contributed by atoms with Gasteiger partial charge in [0.2, 0.25) is 0 Å². The molecule has 0 spiro atoms. The van der Waals surface area contributed by atoms with E-state index in [0.29, 0.717) is 0 Å². The number of halogens is 8. The standard InChI is InChI=1S/C8H2BrF7/c9-3-1-4(7(11,12)13)6(10)5(2-3)8(14,15)16/h1-2H. The fraction of sp³-hybridized carbons (Fsp3) is 0.250. The van der Waals surface area contributed by atoms with Crippen molar-refractivity contribution >= 4 is 15.9 Å². The van der Waals surface area contributed by atoms with Crippen molar-refractivity contribution < 1.29 is 30.7 Å². The third kappa shape index (κ3) is 2.66. The fourth-order valence-electron chi connectivity index (χ4n) is 1.00. The van der Waals surface area contributed by atoms with Crippen molar-refractivity contribution in [2.24, 2.45) is 0 Å². The van der Waals surface area contributed by atoms with Gasteiger partial charge in [0.15, 0.2) is 0 Å². The Hall–Kier alpha value is -0.790. The minimum atomic E-state index is -5.17. The van der Waals surface area contributed by atoms with Crippen LogP contribution in [0.1, 0.15) is 11.1 Å². The first kappa shape index (κ1) is 13.3. The van der Waals surface area contributed by atoms with Gasteiger partial charge in [-0.3, -0.25) is 0 Å². The van der Waals surface area contributed by atoms with Crippen molar-refractivity contribution in [2.45, 2.75) is 12.4 Å². The molecule has 0 saturated heterocycles. The van der Waals surface area contributed by atoms with E-state index in [1.54, 1.807) is 0 Å². The maximum atomic E-state index is 13.0. The highest BCUT2D eigenvalue weighted by molar-refractivity contribution is 9.10. The molecule has 0 saturated carbocycles. The molecule has 1 aromatic carbocycles. The van der Waals surface area contributed by atoms with E-state index in [1.807, 2.05) is 0 Å². The van der Waals surface area contributed by atoms with Crippen LogP contribution in [-0.2, 0) is 12.4 Å². The lowest BCUT2D eigenvalue weighted by atomic mass is 10.1. The van der Waals surface area contributed by atoms with Crippen LogP contribution in [0.15, 0.2) is 16.6 Å². The zero-order valence-corrected chi connectivity index (χ0v) is 8.76. The third-order valence-electron chi connectivity index (χ3n) is 1.65. The van der Waals surface area contributed by atoms with Gasteiger partial charge in [-0.25, -0.2) is 4.39 Å². The molecule has 1 rings (SSSR count). The molecule has 90 valence electrons. The van der Waals surface area contributed by atoms with E-state index in [2.05, 4.69) is 15.9 Å². The lowest BCUT2D eigenvalue weighted by molar-refractivity contribution is -0.147. The van der Waals surface area contributed by atoms with E-state index in [0.717, 1.165) is 0 Å². The molecule has 0 N–H and O–H groups in total. The van der Waals surface area contributed by atoms with Gasteiger partial charge in [-0.15, -0.1) is 0 Å². The van der Waals surface area contributed by atoms with Crippen LogP contribution in [0.2, 0.25) is 0 Å². The summed E-state index contributed by atoms with van der Waals surface area (Å²) in [6.45, 7) is 0. The number of rotatable bonds is 0. The van der Waals surface area contributed by atoms with Crippen molar-refractivity contribution in [3.8, 4) is 0 Å². The Morgan fingerprint density at radius 3 is 1.38 bits per heavy atom. The van der Waals surface area contributed by atoms with Crippen LogP contribution in [0.5, 0.6) is 0 Å². The van der Waals surface area contributed by atoms with Crippen LogP contribution in [0.25, 0.3) is 0 Å². The maximum absolute atomic E-state index is 13.0. The topological polar surface area (TPSA) is 0 Å². The first-order valence-electron chi connectivity index (χ1n) is 3.67. The smallest absolute Gasteiger partial charge is 0.206 e. The fourth-order valence-corrected chi connectivity index (χ4v) is 1.46. The second-order valence-corrected chi connectivity index (χ2v) is 3.73. The highest BCUT2D eigenvalue weighted by atomic mass is 79.9. The van der Waals surface area contributed by atoms with Gasteiger partial charge in [0.05, 0.1) is 11.1 Å². The Labute approximate surface area is 93.2 Å². The molecular weight excluding hydrogens is 309 g/mol. The summed E-state index contributed by atoms with van der Waals surface area (Å²) in [6, 6.07) is 0.509. The van der Waals surface area contributed by atoms with Crippen LogP contribution in [-0.4, -0.2) is 0 Å². The van der Waals surface area contributed by atoms with Crippen molar-refractivity contribution in [1.82, 2.24) is 0 Å². The average Bonchev–Trinajstić information content (AvgIpc) is 2.04. The lowest BCUT2D eigenvalue weighted by Crippen LogP contribution is -2.15. The molecule has 0 aliphatic heterocycles. The minimum absolute atomic E-state index is 0.255. The monoisotopic (exact) mass is 310 g/mol. The predicted octanol–water partition coefficient (Wildman–Crippen LogP) is 4.63. The molecule has 0 nitrogen and oxygen atoms in total. The molecule has 8 heteroatoms. The zero-order valence-electron chi connectivity index (χ0n) is 7.18. The Kier molecular flexibility index (Phi) is 3.24. The Morgan fingerprint density at radius 2 is 1.12 bits per heavy atom. The molecule has 0 atom stereocenters. The molecule has 16 heavy (non-hydrogen) atoms. The highest BCUT2D eigenvalue weighted by Crippen LogP contribution is 2.40. The molecule has 0 aliphatic carbocycles. The molecule has 0 unspecified atom stereocenters. The summed E-state index contributed by atoms with van der Waals surface area (Å²) < 4.78 is 85.5. The molecule has 0 fully saturated rings. The van der Waals surface area contributed by atoms with Crippen LogP contribution in [0.3, 0.4) is 0 Å². The summed E-state index contributed by atoms with van der Waals surface area (Å²) in [5.41, 5.74) is -3.90. The number of hydrogen-bond donors (Lipinski definition) is 0. The van der Waals surface area contributed by atoms with Crippen molar-refractivity contribution in [3.63, 3.8) is 0 Å². The predicted molar refractivity (Wildman–Crippen MR) is 44.1 cm³/mol. The summed E-state index contributed by atoms with van der Waals surface area (Å²) in [4.78, 5) is 0. The minimum Gasteiger partial charge on any atom is -0.206 e. The van der Waals surface area contributed by atoms with Crippen molar-refractivity contribution in [3.05, 3.63) is 33.5 Å². The van der Waals surface area contributed by atoms with Crippen molar-refractivity contribution in [1.29, 1.82) is 0 Å². The molecule has 0 bridgehead atoms.